The first-order chi connectivity index (χ1) is 15.5. The molecule has 2 aliphatic heterocycles. The van der Waals surface area contributed by atoms with Gasteiger partial charge in [0.05, 0.1) is 17.9 Å². The quantitative estimate of drug-likeness (QED) is 0.673. The molecule has 1 N–H and O–H groups in total. The molecule has 2 aromatic rings. The van der Waals surface area contributed by atoms with Crippen LogP contribution in [0.5, 0.6) is 5.75 Å². The summed E-state index contributed by atoms with van der Waals surface area (Å²) in [6, 6.07) is 16.4. The topological polar surface area (TPSA) is 70.1 Å². The highest BCUT2D eigenvalue weighted by atomic mass is 16.5. The van der Waals surface area contributed by atoms with Crippen LogP contribution in [0.2, 0.25) is 0 Å². The number of benzene rings is 2. The van der Waals surface area contributed by atoms with Crippen LogP contribution in [0.15, 0.2) is 60.3 Å². The van der Waals surface area contributed by atoms with E-state index >= 15 is 0 Å². The van der Waals surface area contributed by atoms with Crippen molar-refractivity contribution in [2.75, 3.05) is 31.2 Å². The Labute approximate surface area is 189 Å². The van der Waals surface area contributed by atoms with Gasteiger partial charge < -0.3 is 14.7 Å². The molecule has 0 aliphatic carbocycles. The molecule has 0 aromatic heterocycles. The number of rotatable bonds is 7. The largest absolute Gasteiger partial charge is 0.493 e. The zero-order chi connectivity index (χ0) is 22.7. The molecule has 1 unspecified atom stereocenters. The molecule has 0 spiro atoms. The number of likely N-dealkylation sites (tertiary alicyclic amines) is 1. The maximum atomic E-state index is 13.6. The molecule has 2 aliphatic rings. The van der Waals surface area contributed by atoms with E-state index < -0.39 is 0 Å². The molecule has 0 saturated carbocycles. The summed E-state index contributed by atoms with van der Waals surface area (Å²) in [7, 11) is 0. The summed E-state index contributed by atoms with van der Waals surface area (Å²) in [5.74, 6) is 0.577. The van der Waals surface area contributed by atoms with Crippen molar-refractivity contribution in [2.45, 2.75) is 26.7 Å². The molecule has 6 nitrogen and oxygen atoms in total. The minimum atomic E-state index is -0.321. The summed E-state index contributed by atoms with van der Waals surface area (Å²) in [5.41, 5.74) is 2.11. The third-order valence-corrected chi connectivity index (χ3v) is 5.89. The van der Waals surface area contributed by atoms with Gasteiger partial charge in [0, 0.05) is 19.7 Å². The second-order valence-electron chi connectivity index (χ2n) is 8.87. The first-order valence-electron chi connectivity index (χ1n) is 11.3. The van der Waals surface area contributed by atoms with Crippen LogP contribution in [-0.2, 0) is 9.59 Å². The highest BCUT2D eigenvalue weighted by Gasteiger charge is 2.43. The van der Waals surface area contributed by atoms with Crippen LogP contribution < -0.4 is 9.64 Å². The van der Waals surface area contributed by atoms with E-state index in [1.54, 1.807) is 24.3 Å². The van der Waals surface area contributed by atoms with Crippen LogP contribution in [-0.4, -0.2) is 48.1 Å². The van der Waals surface area contributed by atoms with Gasteiger partial charge in [0.2, 0.25) is 0 Å². The number of piperidine rings is 1. The molecule has 0 radical (unpaired) electrons. The summed E-state index contributed by atoms with van der Waals surface area (Å²) in [6.07, 6.45) is 1.80. The van der Waals surface area contributed by atoms with Crippen LogP contribution in [0.3, 0.4) is 0 Å². The molecule has 2 heterocycles. The number of ether oxygens (including phenoxy) is 1. The fourth-order valence-electron chi connectivity index (χ4n) is 4.28. The Bertz CT molecular complexity index is 998. The summed E-state index contributed by atoms with van der Waals surface area (Å²) < 4.78 is 5.74. The van der Waals surface area contributed by atoms with Crippen LogP contribution in [0, 0.1) is 11.8 Å². The van der Waals surface area contributed by atoms with E-state index in [9.17, 15) is 14.7 Å². The van der Waals surface area contributed by atoms with E-state index in [1.165, 1.54) is 4.90 Å². The van der Waals surface area contributed by atoms with Gasteiger partial charge in [-0.05, 0) is 54.5 Å². The Morgan fingerprint density at radius 3 is 2.41 bits per heavy atom. The van der Waals surface area contributed by atoms with Crippen LogP contribution in [0.25, 0.3) is 5.57 Å². The number of amides is 2. The number of carbonyl (C=O) groups excluding carboxylic acids is 2. The lowest BCUT2D eigenvalue weighted by atomic mass is 9.97. The Morgan fingerprint density at radius 1 is 1.03 bits per heavy atom. The molecule has 6 heteroatoms. The molecular weight excluding hydrogens is 404 g/mol. The average Bonchev–Trinajstić information content (AvgIpc) is 3.08. The normalized spacial score (nSPS) is 19.3. The lowest BCUT2D eigenvalue weighted by Gasteiger charge is -2.34. The molecule has 32 heavy (non-hydrogen) atoms. The Hall–Kier alpha value is -3.12. The van der Waals surface area contributed by atoms with Crippen molar-refractivity contribution in [1.82, 2.24) is 4.90 Å². The molecule has 2 aromatic carbocycles. The summed E-state index contributed by atoms with van der Waals surface area (Å²) in [6.45, 7) is 6.10. The minimum Gasteiger partial charge on any atom is -0.493 e. The van der Waals surface area contributed by atoms with E-state index in [4.69, 9.17) is 4.74 Å². The van der Waals surface area contributed by atoms with Gasteiger partial charge in [-0.1, -0.05) is 44.2 Å². The fraction of sp³-hybridized carbons (Fsp3) is 0.385. The molecule has 1 saturated heterocycles. The van der Waals surface area contributed by atoms with E-state index in [1.807, 2.05) is 35.2 Å². The maximum Gasteiger partial charge on any atom is 0.282 e. The third-order valence-electron chi connectivity index (χ3n) is 5.89. The summed E-state index contributed by atoms with van der Waals surface area (Å²) >= 11 is 0. The first-order valence-corrected chi connectivity index (χ1v) is 11.3. The van der Waals surface area contributed by atoms with E-state index in [-0.39, 0.29) is 24.3 Å². The number of hydrogen-bond donors (Lipinski definition) is 1. The monoisotopic (exact) mass is 434 g/mol. The highest BCUT2D eigenvalue weighted by molar-refractivity contribution is 6.45. The van der Waals surface area contributed by atoms with Gasteiger partial charge >= 0.3 is 0 Å². The van der Waals surface area contributed by atoms with E-state index in [0.29, 0.717) is 48.3 Å². The highest BCUT2D eigenvalue weighted by Crippen LogP contribution is 2.36. The Morgan fingerprint density at radius 2 is 1.75 bits per heavy atom. The number of hydrogen-bond acceptors (Lipinski definition) is 5. The molecule has 168 valence electrons. The van der Waals surface area contributed by atoms with Crippen molar-refractivity contribution in [3.8, 4) is 5.75 Å². The number of aliphatic hydroxyl groups is 1. The molecule has 4 rings (SSSR count). The number of anilines is 1. The van der Waals surface area contributed by atoms with Gasteiger partial charge in [-0.3, -0.25) is 9.59 Å². The molecule has 1 atom stereocenters. The Balaban J connectivity index is 1.68. The van der Waals surface area contributed by atoms with Gasteiger partial charge in [0.1, 0.15) is 11.4 Å². The second-order valence-corrected chi connectivity index (χ2v) is 8.87. The van der Waals surface area contributed by atoms with Crippen molar-refractivity contribution in [3.05, 3.63) is 65.9 Å². The third kappa shape index (κ3) is 4.41. The first kappa shape index (κ1) is 22.1. The van der Waals surface area contributed by atoms with Crippen molar-refractivity contribution in [2.24, 2.45) is 11.8 Å². The zero-order valence-electron chi connectivity index (χ0n) is 18.7. The molecular formula is C26H30N2O4. The average molecular weight is 435 g/mol. The predicted molar refractivity (Wildman–Crippen MR) is 124 cm³/mol. The van der Waals surface area contributed by atoms with Crippen LogP contribution in [0.4, 0.5) is 5.69 Å². The van der Waals surface area contributed by atoms with Crippen LogP contribution >= 0.6 is 0 Å². The zero-order valence-corrected chi connectivity index (χ0v) is 18.7. The van der Waals surface area contributed by atoms with Crippen LogP contribution in [0.1, 0.15) is 32.3 Å². The number of imide groups is 1. The Kier molecular flexibility index (Phi) is 6.61. The van der Waals surface area contributed by atoms with Gasteiger partial charge in [-0.25, -0.2) is 4.90 Å². The number of nitrogens with zero attached hydrogens (tertiary/aromatic N) is 2. The van der Waals surface area contributed by atoms with Gasteiger partial charge in [0.15, 0.2) is 0 Å². The van der Waals surface area contributed by atoms with Crippen molar-refractivity contribution in [3.63, 3.8) is 0 Å². The maximum absolute atomic E-state index is 13.6. The summed E-state index contributed by atoms with van der Waals surface area (Å²) in [5, 5.41) is 9.67. The van der Waals surface area contributed by atoms with Crippen molar-refractivity contribution >= 4 is 23.1 Å². The number of carbonyl (C=O) groups is 2. The lowest BCUT2D eigenvalue weighted by molar-refractivity contribution is -0.120. The van der Waals surface area contributed by atoms with E-state index in [0.717, 1.165) is 18.4 Å². The minimum absolute atomic E-state index is 0.0775. The molecule has 2 amide bonds. The van der Waals surface area contributed by atoms with Crippen molar-refractivity contribution in [1.29, 1.82) is 0 Å². The summed E-state index contributed by atoms with van der Waals surface area (Å²) in [4.78, 5) is 30.4. The predicted octanol–water partition coefficient (Wildman–Crippen LogP) is 3.71. The lowest BCUT2D eigenvalue weighted by Crippen LogP contribution is -2.40. The fourth-order valence-corrected chi connectivity index (χ4v) is 4.28. The SMILES string of the molecule is CC(C)COc1ccc(N2C(=O)C(c3ccccc3)=C(N3CCCC(CO)C3)C2=O)cc1. The van der Waals surface area contributed by atoms with E-state index in [2.05, 4.69) is 13.8 Å². The number of aliphatic hydroxyl groups excluding tert-OH is 1. The van der Waals surface area contributed by atoms with Gasteiger partial charge in [-0.15, -0.1) is 0 Å². The molecule has 1 fully saturated rings. The molecule has 0 bridgehead atoms. The standard InChI is InChI=1S/C26H30N2O4/c1-18(2)17-32-22-12-10-21(11-13-22)28-25(30)23(20-8-4-3-5-9-20)24(26(28)31)27-14-6-7-19(15-27)16-29/h3-5,8-13,18-19,29H,6-7,14-17H2,1-2H3. The smallest absolute Gasteiger partial charge is 0.282 e. The van der Waals surface area contributed by atoms with Gasteiger partial charge in [-0.2, -0.15) is 0 Å². The van der Waals surface area contributed by atoms with Gasteiger partial charge in [0.25, 0.3) is 11.8 Å². The second kappa shape index (κ2) is 9.57. The van der Waals surface area contributed by atoms with Crippen molar-refractivity contribution < 1.29 is 19.4 Å².